The van der Waals surface area contributed by atoms with Crippen LogP contribution in [0.25, 0.3) is 0 Å². The zero-order valence-electron chi connectivity index (χ0n) is 7.39. The number of rotatable bonds is 2. The molecular formula is C10H16O. The van der Waals surface area contributed by atoms with E-state index in [-0.39, 0.29) is 0 Å². The highest BCUT2D eigenvalue weighted by Crippen LogP contribution is 2.28. The maximum Gasteiger partial charge on any atom is 0.145 e. The van der Waals surface area contributed by atoms with E-state index in [2.05, 4.69) is 13.8 Å². The predicted molar refractivity (Wildman–Crippen MR) is 46.4 cm³/mol. The Morgan fingerprint density at radius 3 is 2.36 bits per heavy atom. The molecule has 0 heterocycles. The Bertz CT molecular complexity index is 177. The van der Waals surface area contributed by atoms with Crippen LogP contribution in [0.4, 0.5) is 0 Å². The number of carbonyl (C=O) groups is 1. The van der Waals surface area contributed by atoms with Crippen LogP contribution >= 0.6 is 0 Å². The molecule has 0 bridgehead atoms. The molecule has 0 radical (unpaired) electrons. The summed E-state index contributed by atoms with van der Waals surface area (Å²) in [5.41, 5.74) is 2.47. The van der Waals surface area contributed by atoms with E-state index in [9.17, 15) is 4.79 Å². The van der Waals surface area contributed by atoms with Crippen LogP contribution in [0.15, 0.2) is 11.1 Å². The lowest BCUT2D eigenvalue weighted by Crippen LogP contribution is -2.05. The van der Waals surface area contributed by atoms with Crippen molar-refractivity contribution in [2.24, 2.45) is 5.92 Å². The average molecular weight is 152 g/mol. The topological polar surface area (TPSA) is 17.1 Å². The van der Waals surface area contributed by atoms with Crippen molar-refractivity contribution in [1.82, 2.24) is 0 Å². The number of carbonyl (C=O) groups excluding carboxylic acids is 1. The van der Waals surface area contributed by atoms with E-state index >= 15 is 0 Å². The Labute approximate surface area is 68.5 Å². The monoisotopic (exact) mass is 152 g/mol. The van der Waals surface area contributed by atoms with Crippen LogP contribution in [-0.4, -0.2) is 6.29 Å². The van der Waals surface area contributed by atoms with Gasteiger partial charge in [0.15, 0.2) is 0 Å². The molecule has 0 atom stereocenters. The second-order valence-electron chi connectivity index (χ2n) is 3.53. The van der Waals surface area contributed by atoms with Crippen LogP contribution in [0, 0.1) is 5.92 Å². The molecule has 0 saturated carbocycles. The van der Waals surface area contributed by atoms with E-state index in [0.29, 0.717) is 5.92 Å². The minimum Gasteiger partial charge on any atom is -0.298 e. The molecule has 0 aromatic heterocycles. The van der Waals surface area contributed by atoms with Crippen molar-refractivity contribution in [3.8, 4) is 0 Å². The summed E-state index contributed by atoms with van der Waals surface area (Å²) >= 11 is 0. The van der Waals surface area contributed by atoms with Crippen molar-refractivity contribution in [2.45, 2.75) is 39.5 Å². The quantitative estimate of drug-likeness (QED) is 0.556. The highest BCUT2D eigenvalue weighted by Gasteiger charge is 2.13. The fourth-order valence-electron chi connectivity index (χ4n) is 1.75. The summed E-state index contributed by atoms with van der Waals surface area (Å²) in [5.74, 6) is 0.565. The highest BCUT2D eigenvalue weighted by molar-refractivity contribution is 5.74. The zero-order chi connectivity index (χ0) is 8.27. The van der Waals surface area contributed by atoms with Crippen molar-refractivity contribution in [3.05, 3.63) is 11.1 Å². The molecule has 0 aromatic carbocycles. The van der Waals surface area contributed by atoms with Gasteiger partial charge in [0.25, 0.3) is 0 Å². The SMILES string of the molecule is CC(C)C1=C(C=O)CCCC1. The first kappa shape index (κ1) is 8.51. The molecule has 0 unspecified atom stereocenters. The molecule has 0 saturated heterocycles. The largest absolute Gasteiger partial charge is 0.298 e. The maximum absolute atomic E-state index is 10.6. The minimum atomic E-state index is 0.565. The second kappa shape index (κ2) is 3.70. The summed E-state index contributed by atoms with van der Waals surface area (Å²) in [5, 5.41) is 0. The minimum absolute atomic E-state index is 0.565. The van der Waals surface area contributed by atoms with Gasteiger partial charge < -0.3 is 0 Å². The summed E-state index contributed by atoms with van der Waals surface area (Å²) in [6.07, 6.45) is 5.67. The second-order valence-corrected chi connectivity index (χ2v) is 3.53. The Balaban J connectivity index is 2.81. The third-order valence-electron chi connectivity index (χ3n) is 2.39. The number of allylic oxidation sites excluding steroid dienone is 2. The third kappa shape index (κ3) is 1.92. The van der Waals surface area contributed by atoms with Gasteiger partial charge in [-0.25, -0.2) is 0 Å². The van der Waals surface area contributed by atoms with Gasteiger partial charge in [0.05, 0.1) is 0 Å². The van der Waals surface area contributed by atoms with Gasteiger partial charge in [-0.15, -0.1) is 0 Å². The molecule has 1 rings (SSSR count). The molecule has 1 aliphatic rings. The summed E-state index contributed by atoms with van der Waals surface area (Å²) in [7, 11) is 0. The number of hydrogen-bond donors (Lipinski definition) is 0. The molecule has 0 spiro atoms. The molecule has 0 aliphatic heterocycles. The average Bonchev–Trinajstić information content (AvgIpc) is 2.04. The lowest BCUT2D eigenvalue weighted by Gasteiger charge is -2.19. The van der Waals surface area contributed by atoms with Gasteiger partial charge in [-0.3, -0.25) is 4.79 Å². The summed E-state index contributed by atoms with van der Waals surface area (Å²) in [4.78, 5) is 10.6. The first-order valence-corrected chi connectivity index (χ1v) is 4.42. The predicted octanol–water partition coefficient (Wildman–Crippen LogP) is 2.71. The van der Waals surface area contributed by atoms with Gasteiger partial charge in [0.2, 0.25) is 0 Å². The standard InChI is InChI=1S/C10H16O/c1-8(2)10-6-4-3-5-9(10)7-11/h7-8H,3-6H2,1-2H3. The number of aldehydes is 1. The Morgan fingerprint density at radius 1 is 1.27 bits per heavy atom. The van der Waals surface area contributed by atoms with E-state index in [1.54, 1.807) is 0 Å². The summed E-state index contributed by atoms with van der Waals surface area (Å²) < 4.78 is 0. The van der Waals surface area contributed by atoms with Gasteiger partial charge in [0, 0.05) is 0 Å². The van der Waals surface area contributed by atoms with Crippen molar-refractivity contribution in [2.75, 3.05) is 0 Å². The van der Waals surface area contributed by atoms with E-state index in [0.717, 1.165) is 24.7 Å². The summed E-state index contributed by atoms with van der Waals surface area (Å²) in [6.45, 7) is 4.34. The van der Waals surface area contributed by atoms with Gasteiger partial charge in [-0.05, 0) is 37.2 Å². The molecular weight excluding hydrogens is 136 g/mol. The van der Waals surface area contributed by atoms with Gasteiger partial charge >= 0.3 is 0 Å². The van der Waals surface area contributed by atoms with Gasteiger partial charge in [0.1, 0.15) is 6.29 Å². The Hall–Kier alpha value is -0.590. The van der Waals surface area contributed by atoms with Crippen LogP contribution < -0.4 is 0 Å². The molecule has 0 N–H and O–H groups in total. The fourth-order valence-corrected chi connectivity index (χ4v) is 1.75. The third-order valence-corrected chi connectivity index (χ3v) is 2.39. The van der Waals surface area contributed by atoms with E-state index < -0.39 is 0 Å². The molecule has 0 fully saturated rings. The van der Waals surface area contributed by atoms with E-state index in [1.807, 2.05) is 0 Å². The van der Waals surface area contributed by atoms with Crippen molar-refractivity contribution in [3.63, 3.8) is 0 Å². The van der Waals surface area contributed by atoms with Crippen LogP contribution in [-0.2, 0) is 4.79 Å². The van der Waals surface area contributed by atoms with Gasteiger partial charge in [-0.2, -0.15) is 0 Å². The number of hydrogen-bond acceptors (Lipinski definition) is 1. The molecule has 62 valence electrons. The molecule has 1 nitrogen and oxygen atoms in total. The molecule has 11 heavy (non-hydrogen) atoms. The van der Waals surface area contributed by atoms with Crippen LogP contribution in [0.3, 0.4) is 0 Å². The highest BCUT2D eigenvalue weighted by atomic mass is 16.1. The van der Waals surface area contributed by atoms with E-state index in [1.165, 1.54) is 18.4 Å². The fraction of sp³-hybridized carbons (Fsp3) is 0.700. The van der Waals surface area contributed by atoms with Crippen LogP contribution in [0.2, 0.25) is 0 Å². The van der Waals surface area contributed by atoms with Crippen molar-refractivity contribution >= 4 is 6.29 Å². The van der Waals surface area contributed by atoms with Crippen molar-refractivity contribution in [1.29, 1.82) is 0 Å². The molecule has 1 heteroatoms. The van der Waals surface area contributed by atoms with Gasteiger partial charge in [-0.1, -0.05) is 19.4 Å². The Kier molecular flexibility index (Phi) is 2.86. The van der Waals surface area contributed by atoms with Crippen LogP contribution in [0.1, 0.15) is 39.5 Å². The lowest BCUT2D eigenvalue weighted by molar-refractivity contribution is -0.105. The molecule has 0 aromatic rings. The molecule has 0 amide bonds. The maximum atomic E-state index is 10.6. The normalized spacial score (nSPS) is 19.2. The van der Waals surface area contributed by atoms with Crippen LogP contribution in [0.5, 0.6) is 0 Å². The lowest BCUT2D eigenvalue weighted by atomic mass is 9.86. The Morgan fingerprint density at radius 2 is 1.91 bits per heavy atom. The zero-order valence-corrected chi connectivity index (χ0v) is 7.39. The smallest absolute Gasteiger partial charge is 0.145 e. The first-order chi connectivity index (χ1) is 5.25. The molecule has 1 aliphatic carbocycles. The first-order valence-electron chi connectivity index (χ1n) is 4.42. The summed E-state index contributed by atoms with van der Waals surface area (Å²) in [6, 6.07) is 0. The van der Waals surface area contributed by atoms with Crippen molar-refractivity contribution < 1.29 is 4.79 Å². The van der Waals surface area contributed by atoms with E-state index in [4.69, 9.17) is 0 Å².